The molecular formula is C17H22N2O3. The molecule has 1 aromatic carbocycles. The zero-order valence-electron chi connectivity index (χ0n) is 13.0. The number of amides is 1. The van der Waals surface area contributed by atoms with Gasteiger partial charge in [0.1, 0.15) is 17.4 Å². The number of benzene rings is 1. The van der Waals surface area contributed by atoms with Crippen LogP contribution in [0.3, 0.4) is 0 Å². The Bertz CT molecular complexity index is 680. The Kier molecular flexibility index (Phi) is 4.18. The normalized spacial score (nSPS) is 22.9. The lowest BCUT2D eigenvalue weighted by molar-refractivity contribution is -0.132. The third-order valence-corrected chi connectivity index (χ3v) is 4.30. The third kappa shape index (κ3) is 2.74. The van der Waals surface area contributed by atoms with E-state index in [1.807, 2.05) is 38.1 Å². The van der Waals surface area contributed by atoms with Gasteiger partial charge in [-0.05, 0) is 32.8 Å². The molecule has 2 heterocycles. The summed E-state index contributed by atoms with van der Waals surface area (Å²) >= 11 is 0. The van der Waals surface area contributed by atoms with Crippen LogP contribution in [0, 0.1) is 6.92 Å². The van der Waals surface area contributed by atoms with E-state index in [0.29, 0.717) is 6.54 Å². The Hall–Kier alpha value is -1.85. The van der Waals surface area contributed by atoms with Crippen molar-refractivity contribution < 1.29 is 13.9 Å². The lowest BCUT2D eigenvalue weighted by Gasteiger charge is -2.16. The molecule has 22 heavy (non-hydrogen) atoms. The van der Waals surface area contributed by atoms with E-state index in [9.17, 15) is 4.79 Å². The van der Waals surface area contributed by atoms with Crippen molar-refractivity contribution in [3.8, 4) is 0 Å². The van der Waals surface area contributed by atoms with Crippen molar-refractivity contribution in [2.24, 2.45) is 5.73 Å². The molecule has 118 valence electrons. The second-order valence-corrected chi connectivity index (χ2v) is 5.88. The molecule has 1 unspecified atom stereocenters. The zero-order valence-corrected chi connectivity index (χ0v) is 13.0. The Morgan fingerprint density at radius 2 is 2.18 bits per heavy atom. The summed E-state index contributed by atoms with van der Waals surface area (Å²) in [7, 11) is 0. The zero-order chi connectivity index (χ0) is 15.7. The summed E-state index contributed by atoms with van der Waals surface area (Å²) in [6.07, 6.45) is 1.16. The minimum absolute atomic E-state index is 0.000932. The molecule has 2 aromatic rings. The largest absolute Gasteiger partial charge is 0.459 e. The molecular weight excluding hydrogens is 280 g/mol. The summed E-state index contributed by atoms with van der Waals surface area (Å²) in [4.78, 5) is 12.3. The first-order valence-electron chi connectivity index (χ1n) is 7.74. The minimum Gasteiger partial charge on any atom is -0.459 e. The smallest absolute Gasteiger partial charge is 0.249 e. The average Bonchev–Trinajstić information content (AvgIpc) is 3.12. The van der Waals surface area contributed by atoms with E-state index in [0.717, 1.165) is 35.1 Å². The average molecular weight is 302 g/mol. The number of ether oxygens (including phenoxy) is 1. The number of carbonyl (C=O) groups excluding carboxylic acids is 1. The second-order valence-electron chi connectivity index (χ2n) is 5.88. The van der Waals surface area contributed by atoms with Crippen LogP contribution in [0.5, 0.6) is 0 Å². The fourth-order valence-corrected chi connectivity index (χ4v) is 3.05. The highest BCUT2D eigenvalue weighted by atomic mass is 16.5. The highest BCUT2D eigenvalue weighted by molar-refractivity contribution is 5.83. The summed E-state index contributed by atoms with van der Waals surface area (Å²) in [6, 6.07) is 7.69. The van der Waals surface area contributed by atoms with E-state index in [-0.39, 0.29) is 18.1 Å². The molecule has 0 bridgehead atoms. The van der Waals surface area contributed by atoms with Crippen molar-refractivity contribution in [2.75, 3.05) is 6.54 Å². The van der Waals surface area contributed by atoms with E-state index in [1.54, 1.807) is 0 Å². The first-order chi connectivity index (χ1) is 10.6. The van der Waals surface area contributed by atoms with E-state index >= 15 is 0 Å². The van der Waals surface area contributed by atoms with Gasteiger partial charge in [0.15, 0.2) is 0 Å². The van der Waals surface area contributed by atoms with E-state index < -0.39 is 6.10 Å². The Labute approximate surface area is 129 Å². The quantitative estimate of drug-likeness (QED) is 0.909. The summed E-state index contributed by atoms with van der Waals surface area (Å²) in [6.45, 7) is 4.40. The predicted octanol–water partition coefficient (Wildman–Crippen LogP) is 2.42. The van der Waals surface area contributed by atoms with Gasteiger partial charge in [-0.2, -0.15) is 0 Å². The van der Waals surface area contributed by atoms with Crippen LogP contribution in [0.1, 0.15) is 37.1 Å². The fourth-order valence-electron chi connectivity index (χ4n) is 3.05. The van der Waals surface area contributed by atoms with Gasteiger partial charge in [-0.3, -0.25) is 4.79 Å². The molecule has 0 saturated carbocycles. The minimum atomic E-state index is -0.402. The number of nitrogens with two attached hydrogens (primary N) is 1. The van der Waals surface area contributed by atoms with E-state index in [1.165, 1.54) is 0 Å². The topological polar surface area (TPSA) is 77.5 Å². The number of fused-ring (bicyclic) bond motifs is 1. The molecule has 1 amide bonds. The number of aryl methyl sites for hydroxylation is 1. The van der Waals surface area contributed by atoms with Gasteiger partial charge < -0.3 is 20.2 Å². The SMILES string of the molecule is Cc1c(C(C)NC(=O)[C@@H]2CC[C@H](CN)O2)oc2ccccc12. The monoisotopic (exact) mass is 302 g/mol. The van der Waals surface area contributed by atoms with Crippen LogP contribution in [0.2, 0.25) is 0 Å². The van der Waals surface area contributed by atoms with Crippen molar-refractivity contribution in [2.45, 2.75) is 44.9 Å². The van der Waals surface area contributed by atoms with Gasteiger partial charge in [-0.25, -0.2) is 0 Å². The number of hydrogen-bond donors (Lipinski definition) is 2. The molecule has 1 aromatic heterocycles. The number of hydrogen-bond acceptors (Lipinski definition) is 4. The Morgan fingerprint density at radius 3 is 2.86 bits per heavy atom. The second kappa shape index (κ2) is 6.10. The Balaban J connectivity index is 1.72. The number of furan rings is 1. The maximum absolute atomic E-state index is 12.3. The van der Waals surface area contributed by atoms with Crippen LogP contribution >= 0.6 is 0 Å². The highest BCUT2D eigenvalue weighted by Crippen LogP contribution is 2.29. The molecule has 1 saturated heterocycles. The van der Waals surface area contributed by atoms with Crippen LogP contribution in [-0.4, -0.2) is 24.7 Å². The molecule has 1 fully saturated rings. The Morgan fingerprint density at radius 1 is 1.41 bits per heavy atom. The maximum Gasteiger partial charge on any atom is 0.249 e. The lowest BCUT2D eigenvalue weighted by Crippen LogP contribution is -2.37. The van der Waals surface area contributed by atoms with Crippen molar-refractivity contribution in [1.82, 2.24) is 5.32 Å². The van der Waals surface area contributed by atoms with Gasteiger partial charge in [0.2, 0.25) is 5.91 Å². The summed E-state index contributed by atoms with van der Waals surface area (Å²) in [5.74, 6) is 0.700. The van der Waals surface area contributed by atoms with E-state index in [2.05, 4.69) is 5.32 Å². The fraction of sp³-hybridized carbons (Fsp3) is 0.471. The van der Waals surface area contributed by atoms with Crippen molar-refractivity contribution in [3.05, 3.63) is 35.6 Å². The molecule has 3 rings (SSSR count). The lowest BCUT2D eigenvalue weighted by atomic mass is 10.1. The number of para-hydroxylation sites is 1. The predicted molar refractivity (Wildman–Crippen MR) is 84.5 cm³/mol. The van der Waals surface area contributed by atoms with Crippen LogP contribution in [0.15, 0.2) is 28.7 Å². The van der Waals surface area contributed by atoms with Crippen LogP contribution in [0.25, 0.3) is 11.0 Å². The molecule has 1 aliphatic rings. The van der Waals surface area contributed by atoms with Crippen molar-refractivity contribution >= 4 is 16.9 Å². The third-order valence-electron chi connectivity index (χ3n) is 4.30. The molecule has 0 aliphatic carbocycles. The van der Waals surface area contributed by atoms with Gasteiger partial charge in [0.05, 0.1) is 12.1 Å². The molecule has 3 atom stereocenters. The summed E-state index contributed by atoms with van der Waals surface area (Å²) < 4.78 is 11.5. The molecule has 1 aliphatic heterocycles. The highest BCUT2D eigenvalue weighted by Gasteiger charge is 2.31. The first kappa shape index (κ1) is 15.1. The molecule has 5 nitrogen and oxygen atoms in total. The molecule has 0 spiro atoms. The summed E-state index contributed by atoms with van der Waals surface area (Å²) in [5.41, 5.74) is 7.49. The van der Waals surface area contributed by atoms with Crippen LogP contribution < -0.4 is 11.1 Å². The first-order valence-corrected chi connectivity index (χ1v) is 7.74. The van der Waals surface area contributed by atoms with Gasteiger partial charge in [-0.15, -0.1) is 0 Å². The summed E-state index contributed by atoms with van der Waals surface area (Å²) in [5, 5.41) is 4.07. The van der Waals surface area contributed by atoms with E-state index in [4.69, 9.17) is 14.9 Å². The van der Waals surface area contributed by atoms with Gasteiger partial charge in [-0.1, -0.05) is 18.2 Å². The van der Waals surface area contributed by atoms with Crippen LogP contribution in [0.4, 0.5) is 0 Å². The molecule has 5 heteroatoms. The number of nitrogens with one attached hydrogen (secondary N) is 1. The van der Waals surface area contributed by atoms with Gasteiger partial charge in [0.25, 0.3) is 0 Å². The van der Waals surface area contributed by atoms with Gasteiger partial charge in [0, 0.05) is 17.5 Å². The van der Waals surface area contributed by atoms with Crippen molar-refractivity contribution in [3.63, 3.8) is 0 Å². The number of rotatable bonds is 4. The van der Waals surface area contributed by atoms with Gasteiger partial charge >= 0.3 is 0 Å². The van der Waals surface area contributed by atoms with Crippen LogP contribution in [-0.2, 0) is 9.53 Å². The number of carbonyl (C=O) groups is 1. The standard InChI is InChI=1S/C17H22N2O3/c1-10-13-5-3-4-6-14(13)22-16(10)11(2)19-17(20)15-8-7-12(9-18)21-15/h3-6,11-12,15H,7-9,18H2,1-2H3,(H,19,20)/t11?,12-,15+/m1/s1. The maximum atomic E-state index is 12.3. The molecule has 0 radical (unpaired) electrons. The molecule has 3 N–H and O–H groups in total. The van der Waals surface area contributed by atoms with Crippen molar-refractivity contribution in [1.29, 1.82) is 0 Å².